The number of anilines is 2. The van der Waals surface area contributed by atoms with Gasteiger partial charge in [0.15, 0.2) is 0 Å². The van der Waals surface area contributed by atoms with Crippen molar-refractivity contribution in [1.29, 1.82) is 0 Å². The molecular weight excluding hydrogens is 400 g/mol. The number of nitrogens with one attached hydrogen (secondary N) is 2. The maximum Gasteiger partial charge on any atom is 0.261 e. The summed E-state index contributed by atoms with van der Waals surface area (Å²) in [7, 11) is -3.75. The van der Waals surface area contributed by atoms with Crippen molar-refractivity contribution < 1.29 is 17.9 Å². The highest BCUT2D eigenvalue weighted by atomic mass is 32.2. The highest BCUT2D eigenvalue weighted by Gasteiger charge is 2.16. The molecule has 6 nitrogen and oxygen atoms in total. The minimum Gasteiger partial charge on any atom is -0.490 e. The van der Waals surface area contributed by atoms with Gasteiger partial charge in [-0.2, -0.15) is 0 Å². The number of ether oxygens (including phenoxy) is 1. The molecule has 0 aromatic heterocycles. The van der Waals surface area contributed by atoms with Gasteiger partial charge in [0, 0.05) is 11.3 Å². The molecule has 154 valence electrons. The van der Waals surface area contributed by atoms with E-state index in [0.29, 0.717) is 34.9 Å². The first-order valence-electron chi connectivity index (χ1n) is 9.23. The Morgan fingerprint density at radius 1 is 1.03 bits per heavy atom. The Balaban J connectivity index is 1.76. The molecule has 0 bridgehead atoms. The number of hydrogen-bond acceptors (Lipinski definition) is 4. The average Bonchev–Trinajstić information content (AvgIpc) is 2.75. The fourth-order valence-electron chi connectivity index (χ4n) is 2.67. The van der Waals surface area contributed by atoms with Crippen LogP contribution in [0.4, 0.5) is 11.4 Å². The van der Waals surface area contributed by atoms with E-state index in [-0.39, 0.29) is 10.8 Å². The second kappa shape index (κ2) is 9.28. The molecule has 30 heavy (non-hydrogen) atoms. The number of aryl methyl sites for hydroxylation is 1. The summed E-state index contributed by atoms with van der Waals surface area (Å²) in [5, 5.41) is 2.79. The van der Waals surface area contributed by atoms with Crippen LogP contribution < -0.4 is 14.8 Å². The van der Waals surface area contributed by atoms with Gasteiger partial charge in [0.1, 0.15) is 12.4 Å². The Labute approximate surface area is 176 Å². The molecule has 0 saturated carbocycles. The average molecular weight is 423 g/mol. The third-order valence-corrected chi connectivity index (χ3v) is 5.66. The standard InChI is InChI=1S/C23H22N2O4S/c1-3-15-29-20-13-11-19(12-14-20)24-23(26)18-10-9-17(2)22(16-18)25-30(27,28)21-7-5-4-6-8-21/h3-14,16,25H,1,15H2,2H3,(H,24,26). The summed E-state index contributed by atoms with van der Waals surface area (Å²) in [5.41, 5.74) is 1.98. The van der Waals surface area contributed by atoms with E-state index in [1.54, 1.807) is 67.6 Å². The Morgan fingerprint density at radius 2 is 1.73 bits per heavy atom. The lowest BCUT2D eigenvalue weighted by Crippen LogP contribution is -2.16. The molecule has 0 spiro atoms. The maximum atomic E-state index is 12.6. The van der Waals surface area contributed by atoms with Crippen molar-refractivity contribution in [3.05, 3.63) is 96.6 Å². The van der Waals surface area contributed by atoms with Gasteiger partial charge in [-0.25, -0.2) is 8.42 Å². The number of hydrogen-bond donors (Lipinski definition) is 2. The van der Waals surface area contributed by atoms with Crippen molar-refractivity contribution in [2.45, 2.75) is 11.8 Å². The number of amides is 1. The largest absolute Gasteiger partial charge is 0.490 e. The van der Waals surface area contributed by atoms with Crippen LogP contribution in [0.1, 0.15) is 15.9 Å². The molecule has 0 atom stereocenters. The number of carbonyl (C=O) groups is 1. The van der Waals surface area contributed by atoms with Gasteiger partial charge in [0.25, 0.3) is 15.9 Å². The van der Waals surface area contributed by atoms with Crippen molar-refractivity contribution in [3.8, 4) is 5.75 Å². The summed E-state index contributed by atoms with van der Waals surface area (Å²) in [6.45, 7) is 5.76. The maximum absolute atomic E-state index is 12.6. The van der Waals surface area contributed by atoms with E-state index >= 15 is 0 Å². The first kappa shape index (κ1) is 21.1. The highest BCUT2D eigenvalue weighted by molar-refractivity contribution is 7.92. The van der Waals surface area contributed by atoms with E-state index in [2.05, 4.69) is 16.6 Å². The summed E-state index contributed by atoms with van der Waals surface area (Å²) in [6.07, 6.45) is 1.65. The van der Waals surface area contributed by atoms with Crippen LogP contribution in [0.2, 0.25) is 0 Å². The summed E-state index contributed by atoms with van der Waals surface area (Å²) < 4.78 is 33.2. The van der Waals surface area contributed by atoms with E-state index in [1.165, 1.54) is 18.2 Å². The zero-order valence-electron chi connectivity index (χ0n) is 16.5. The monoisotopic (exact) mass is 422 g/mol. The molecule has 7 heteroatoms. The second-order valence-electron chi connectivity index (χ2n) is 6.53. The molecule has 0 unspecified atom stereocenters. The highest BCUT2D eigenvalue weighted by Crippen LogP contribution is 2.22. The Bertz CT molecular complexity index is 1140. The molecule has 0 aliphatic rings. The quantitative estimate of drug-likeness (QED) is 0.519. The third-order valence-electron chi connectivity index (χ3n) is 4.28. The third kappa shape index (κ3) is 5.27. The van der Waals surface area contributed by atoms with Gasteiger partial charge >= 0.3 is 0 Å². The smallest absolute Gasteiger partial charge is 0.261 e. The van der Waals surface area contributed by atoms with Gasteiger partial charge in [-0.1, -0.05) is 36.9 Å². The first-order valence-corrected chi connectivity index (χ1v) is 10.7. The summed E-state index contributed by atoms with van der Waals surface area (Å²) in [6, 6.07) is 19.9. The normalized spacial score (nSPS) is 10.8. The second-order valence-corrected chi connectivity index (χ2v) is 8.21. The minimum absolute atomic E-state index is 0.151. The van der Waals surface area contributed by atoms with Crippen LogP contribution in [-0.4, -0.2) is 20.9 Å². The molecule has 0 heterocycles. The van der Waals surface area contributed by atoms with Gasteiger partial charge in [-0.15, -0.1) is 0 Å². The van der Waals surface area contributed by atoms with Crippen LogP contribution in [-0.2, 0) is 10.0 Å². The van der Waals surface area contributed by atoms with Crippen LogP contribution >= 0.6 is 0 Å². The lowest BCUT2D eigenvalue weighted by molar-refractivity contribution is 0.102. The molecule has 1 amide bonds. The van der Waals surface area contributed by atoms with Crippen molar-refractivity contribution in [3.63, 3.8) is 0 Å². The van der Waals surface area contributed by atoms with Crippen molar-refractivity contribution in [2.24, 2.45) is 0 Å². The molecule has 0 aliphatic heterocycles. The summed E-state index contributed by atoms with van der Waals surface area (Å²) in [5.74, 6) is 0.316. The van der Waals surface area contributed by atoms with E-state index in [9.17, 15) is 13.2 Å². The predicted molar refractivity (Wildman–Crippen MR) is 119 cm³/mol. The summed E-state index contributed by atoms with van der Waals surface area (Å²) in [4.78, 5) is 12.8. The number of carbonyl (C=O) groups excluding carboxylic acids is 1. The van der Waals surface area contributed by atoms with Crippen molar-refractivity contribution in [1.82, 2.24) is 0 Å². The van der Waals surface area contributed by atoms with E-state index < -0.39 is 10.0 Å². The van der Waals surface area contributed by atoms with E-state index in [0.717, 1.165) is 0 Å². The lowest BCUT2D eigenvalue weighted by atomic mass is 10.1. The number of sulfonamides is 1. The van der Waals surface area contributed by atoms with Crippen molar-refractivity contribution in [2.75, 3.05) is 16.6 Å². The SMILES string of the molecule is C=CCOc1ccc(NC(=O)c2ccc(C)c(NS(=O)(=O)c3ccccc3)c2)cc1. The van der Waals surface area contributed by atoms with Crippen LogP contribution in [0.5, 0.6) is 5.75 Å². The zero-order valence-corrected chi connectivity index (χ0v) is 17.3. The number of rotatable bonds is 8. The van der Waals surface area contributed by atoms with Gasteiger partial charge in [0.05, 0.1) is 10.6 Å². The Kier molecular flexibility index (Phi) is 6.54. The Morgan fingerprint density at radius 3 is 2.40 bits per heavy atom. The predicted octanol–water partition coefficient (Wildman–Crippen LogP) is 4.61. The molecule has 2 N–H and O–H groups in total. The fraction of sp³-hybridized carbons (Fsp3) is 0.0870. The fourth-order valence-corrected chi connectivity index (χ4v) is 3.81. The van der Waals surface area contributed by atoms with E-state index in [4.69, 9.17) is 4.74 Å². The van der Waals surface area contributed by atoms with Crippen LogP contribution in [0, 0.1) is 6.92 Å². The van der Waals surface area contributed by atoms with Crippen LogP contribution in [0.25, 0.3) is 0 Å². The number of benzene rings is 3. The van der Waals surface area contributed by atoms with Crippen molar-refractivity contribution >= 4 is 27.3 Å². The van der Waals surface area contributed by atoms with Gasteiger partial charge in [0.2, 0.25) is 0 Å². The molecule has 0 aliphatic carbocycles. The molecule has 3 aromatic carbocycles. The van der Waals surface area contributed by atoms with E-state index in [1.807, 2.05) is 0 Å². The zero-order chi connectivity index (χ0) is 21.6. The molecular formula is C23H22N2O4S. The Hall–Kier alpha value is -3.58. The van der Waals surface area contributed by atoms with Gasteiger partial charge in [-0.3, -0.25) is 9.52 Å². The summed E-state index contributed by atoms with van der Waals surface area (Å²) >= 11 is 0. The molecule has 0 saturated heterocycles. The lowest BCUT2D eigenvalue weighted by Gasteiger charge is -2.13. The topological polar surface area (TPSA) is 84.5 Å². The van der Waals surface area contributed by atoms with Crippen LogP contribution in [0.15, 0.2) is 90.3 Å². The molecule has 3 aromatic rings. The molecule has 3 rings (SSSR count). The van der Waals surface area contributed by atoms with Gasteiger partial charge in [-0.05, 0) is 61.0 Å². The van der Waals surface area contributed by atoms with Crippen LogP contribution in [0.3, 0.4) is 0 Å². The molecule has 0 radical (unpaired) electrons. The minimum atomic E-state index is -3.75. The van der Waals surface area contributed by atoms with Gasteiger partial charge < -0.3 is 10.1 Å². The molecule has 0 fully saturated rings. The first-order chi connectivity index (χ1) is 14.4.